The van der Waals surface area contributed by atoms with Gasteiger partial charge < -0.3 is 0 Å². The molecule has 0 radical (unpaired) electrons. The Hall–Kier alpha value is -1.63. The van der Waals surface area contributed by atoms with Crippen LogP contribution in [0.1, 0.15) is 38.3 Å². The van der Waals surface area contributed by atoms with Gasteiger partial charge in [-0.1, -0.05) is 63.6 Å². The molecule has 1 aromatic heterocycles. The van der Waals surface area contributed by atoms with Crippen LogP contribution >= 0.6 is 0 Å². The van der Waals surface area contributed by atoms with Crippen molar-refractivity contribution in [2.24, 2.45) is 17.8 Å². The molecule has 0 saturated heterocycles. The Kier molecular flexibility index (Phi) is 5.98. The predicted octanol–water partition coefficient (Wildman–Crippen LogP) is 5.17. The average Bonchev–Trinajstić information content (AvgIpc) is 2.53. The Morgan fingerprint density at radius 1 is 0.857 bits per heavy atom. The zero-order valence-corrected chi connectivity index (χ0v) is 13.5. The standard InChI is InChI=1S/C20H27N/c1-4-16(2)20(14-18-9-6-5-7-10-18)17(3)13-19-11-8-12-21-15-19/h5-12,15-17,20H,4,13-14H2,1-3H3. The fourth-order valence-electron chi connectivity index (χ4n) is 3.19. The van der Waals surface area contributed by atoms with Crippen LogP contribution in [-0.4, -0.2) is 4.98 Å². The summed E-state index contributed by atoms with van der Waals surface area (Å²) in [5.41, 5.74) is 2.81. The summed E-state index contributed by atoms with van der Waals surface area (Å²) in [6.07, 6.45) is 7.40. The number of nitrogens with zero attached hydrogens (tertiary/aromatic N) is 1. The molecule has 1 aromatic carbocycles. The number of pyridine rings is 1. The lowest BCUT2D eigenvalue weighted by molar-refractivity contribution is 0.245. The van der Waals surface area contributed by atoms with Crippen molar-refractivity contribution in [2.45, 2.75) is 40.0 Å². The van der Waals surface area contributed by atoms with Gasteiger partial charge in [-0.15, -0.1) is 0 Å². The lowest BCUT2D eigenvalue weighted by Crippen LogP contribution is -2.23. The summed E-state index contributed by atoms with van der Waals surface area (Å²) >= 11 is 0. The molecule has 1 heterocycles. The maximum atomic E-state index is 4.25. The van der Waals surface area contributed by atoms with Crippen LogP contribution < -0.4 is 0 Å². The highest BCUT2D eigenvalue weighted by Crippen LogP contribution is 2.29. The van der Waals surface area contributed by atoms with Crippen LogP contribution in [0.5, 0.6) is 0 Å². The molecule has 0 saturated carbocycles. The summed E-state index contributed by atoms with van der Waals surface area (Å²) in [6.45, 7) is 7.10. The zero-order chi connectivity index (χ0) is 15.1. The largest absolute Gasteiger partial charge is 0.264 e. The third-order valence-corrected chi connectivity index (χ3v) is 4.70. The van der Waals surface area contributed by atoms with Crippen LogP contribution in [0.25, 0.3) is 0 Å². The third-order valence-electron chi connectivity index (χ3n) is 4.70. The van der Waals surface area contributed by atoms with Gasteiger partial charge in [-0.3, -0.25) is 4.98 Å². The van der Waals surface area contributed by atoms with Gasteiger partial charge in [0.05, 0.1) is 0 Å². The topological polar surface area (TPSA) is 12.9 Å². The molecule has 0 aliphatic rings. The van der Waals surface area contributed by atoms with E-state index in [1.807, 2.05) is 18.5 Å². The smallest absolute Gasteiger partial charge is 0.0299 e. The molecule has 0 amide bonds. The lowest BCUT2D eigenvalue weighted by atomic mass is 9.76. The van der Waals surface area contributed by atoms with Gasteiger partial charge in [0, 0.05) is 12.4 Å². The molecule has 0 aliphatic heterocycles. The summed E-state index contributed by atoms with van der Waals surface area (Å²) in [6, 6.07) is 15.1. The number of aromatic nitrogens is 1. The molecule has 3 unspecified atom stereocenters. The first kappa shape index (κ1) is 15.8. The lowest BCUT2D eigenvalue weighted by Gasteiger charge is -2.29. The van der Waals surface area contributed by atoms with Crippen molar-refractivity contribution in [1.29, 1.82) is 0 Å². The molecule has 0 spiro atoms. The van der Waals surface area contributed by atoms with Crippen LogP contribution in [-0.2, 0) is 12.8 Å². The van der Waals surface area contributed by atoms with Gasteiger partial charge >= 0.3 is 0 Å². The number of hydrogen-bond acceptors (Lipinski definition) is 1. The van der Waals surface area contributed by atoms with Crippen LogP contribution in [0.3, 0.4) is 0 Å². The van der Waals surface area contributed by atoms with Crippen molar-refractivity contribution in [3.05, 3.63) is 66.0 Å². The van der Waals surface area contributed by atoms with Crippen molar-refractivity contribution < 1.29 is 0 Å². The first-order chi connectivity index (χ1) is 10.2. The minimum absolute atomic E-state index is 0.671. The molecular formula is C20H27N. The Balaban J connectivity index is 2.08. The van der Waals surface area contributed by atoms with Crippen molar-refractivity contribution in [3.63, 3.8) is 0 Å². The Bertz CT molecular complexity index is 506. The van der Waals surface area contributed by atoms with Gasteiger partial charge in [-0.2, -0.15) is 0 Å². The van der Waals surface area contributed by atoms with Gasteiger partial charge in [0.25, 0.3) is 0 Å². The molecule has 2 aromatic rings. The second-order valence-electron chi connectivity index (χ2n) is 6.28. The Morgan fingerprint density at radius 2 is 1.57 bits per heavy atom. The van der Waals surface area contributed by atoms with Crippen LogP contribution in [0, 0.1) is 17.8 Å². The van der Waals surface area contributed by atoms with E-state index in [4.69, 9.17) is 0 Å². The van der Waals surface area contributed by atoms with Gasteiger partial charge in [-0.25, -0.2) is 0 Å². The second-order valence-corrected chi connectivity index (χ2v) is 6.28. The molecule has 112 valence electrons. The first-order valence-electron chi connectivity index (χ1n) is 8.13. The molecule has 21 heavy (non-hydrogen) atoms. The van der Waals surface area contributed by atoms with E-state index in [1.54, 1.807) is 0 Å². The molecule has 0 fully saturated rings. The molecule has 2 rings (SSSR count). The van der Waals surface area contributed by atoms with E-state index in [1.165, 1.54) is 24.0 Å². The second kappa shape index (κ2) is 7.97. The zero-order valence-electron chi connectivity index (χ0n) is 13.5. The van der Waals surface area contributed by atoms with Crippen molar-refractivity contribution in [3.8, 4) is 0 Å². The van der Waals surface area contributed by atoms with Gasteiger partial charge in [0.15, 0.2) is 0 Å². The van der Waals surface area contributed by atoms with Crippen molar-refractivity contribution >= 4 is 0 Å². The quantitative estimate of drug-likeness (QED) is 0.682. The van der Waals surface area contributed by atoms with E-state index < -0.39 is 0 Å². The fraction of sp³-hybridized carbons (Fsp3) is 0.450. The minimum Gasteiger partial charge on any atom is -0.264 e. The highest BCUT2D eigenvalue weighted by atomic mass is 14.6. The number of hydrogen-bond donors (Lipinski definition) is 0. The maximum absolute atomic E-state index is 4.25. The van der Waals surface area contributed by atoms with Crippen molar-refractivity contribution in [1.82, 2.24) is 4.98 Å². The highest BCUT2D eigenvalue weighted by molar-refractivity contribution is 5.16. The SMILES string of the molecule is CCC(C)C(Cc1ccccc1)C(C)Cc1cccnc1. The highest BCUT2D eigenvalue weighted by Gasteiger charge is 2.23. The summed E-state index contributed by atoms with van der Waals surface area (Å²) in [5, 5.41) is 0. The average molecular weight is 281 g/mol. The van der Waals surface area contributed by atoms with Gasteiger partial charge in [-0.05, 0) is 47.8 Å². The Morgan fingerprint density at radius 3 is 2.19 bits per heavy atom. The Labute approximate surface area is 129 Å². The van der Waals surface area contributed by atoms with E-state index in [9.17, 15) is 0 Å². The molecule has 1 nitrogen and oxygen atoms in total. The third kappa shape index (κ3) is 4.70. The molecule has 0 bridgehead atoms. The first-order valence-corrected chi connectivity index (χ1v) is 8.13. The summed E-state index contributed by atoms with van der Waals surface area (Å²) < 4.78 is 0. The summed E-state index contributed by atoms with van der Waals surface area (Å²) in [7, 11) is 0. The molecular weight excluding hydrogens is 254 g/mol. The van der Waals surface area contributed by atoms with E-state index in [0.29, 0.717) is 5.92 Å². The van der Waals surface area contributed by atoms with Gasteiger partial charge in [0.1, 0.15) is 0 Å². The summed E-state index contributed by atoms with van der Waals surface area (Å²) in [4.78, 5) is 4.25. The van der Waals surface area contributed by atoms with E-state index in [0.717, 1.165) is 18.3 Å². The summed E-state index contributed by atoms with van der Waals surface area (Å²) in [5.74, 6) is 2.14. The minimum atomic E-state index is 0.671. The molecule has 3 atom stereocenters. The van der Waals surface area contributed by atoms with E-state index in [2.05, 4.69) is 62.2 Å². The number of benzene rings is 1. The fourth-order valence-corrected chi connectivity index (χ4v) is 3.19. The van der Waals surface area contributed by atoms with Crippen LogP contribution in [0.15, 0.2) is 54.9 Å². The molecule has 0 N–H and O–H groups in total. The predicted molar refractivity (Wildman–Crippen MR) is 90.2 cm³/mol. The van der Waals surface area contributed by atoms with E-state index in [-0.39, 0.29) is 0 Å². The monoisotopic (exact) mass is 281 g/mol. The van der Waals surface area contributed by atoms with Crippen molar-refractivity contribution in [2.75, 3.05) is 0 Å². The number of rotatable bonds is 7. The maximum Gasteiger partial charge on any atom is 0.0299 e. The van der Waals surface area contributed by atoms with Crippen LogP contribution in [0.4, 0.5) is 0 Å². The van der Waals surface area contributed by atoms with E-state index >= 15 is 0 Å². The van der Waals surface area contributed by atoms with Gasteiger partial charge in [0.2, 0.25) is 0 Å². The molecule has 1 heteroatoms. The molecule has 0 aliphatic carbocycles. The normalized spacial score (nSPS) is 15.4. The van der Waals surface area contributed by atoms with Crippen LogP contribution in [0.2, 0.25) is 0 Å².